The third kappa shape index (κ3) is 6.00. The highest BCUT2D eigenvalue weighted by molar-refractivity contribution is 5.83. The molecule has 0 saturated carbocycles. The molecule has 6 heteroatoms. The minimum absolute atomic E-state index is 0.0634. The summed E-state index contributed by atoms with van der Waals surface area (Å²) >= 11 is 0. The van der Waals surface area contributed by atoms with E-state index in [0.29, 0.717) is 6.61 Å². The van der Waals surface area contributed by atoms with Gasteiger partial charge in [0.15, 0.2) is 0 Å². The average molecular weight is 231 g/mol. The maximum atomic E-state index is 11.2. The highest BCUT2D eigenvalue weighted by Crippen LogP contribution is 2.01. The first-order valence-electron chi connectivity index (χ1n) is 5.01. The standard InChI is InChI=1S/C10H17NO5/c1-4-16-9(13)6-5-8(10(14)15-3)11-7(2)12/h8H,4-6H2,1-3H3,(H,11,12)/t8-/m0/s1. The van der Waals surface area contributed by atoms with Crippen LogP contribution >= 0.6 is 0 Å². The highest BCUT2D eigenvalue weighted by Gasteiger charge is 2.21. The lowest BCUT2D eigenvalue weighted by atomic mass is 10.1. The summed E-state index contributed by atoms with van der Waals surface area (Å²) in [5.74, 6) is -1.32. The average Bonchev–Trinajstić information content (AvgIpc) is 2.23. The molecule has 0 radical (unpaired) electrons. The predicted molar refractivity (Wildman–Crippen MR) is 55.5 cm³/mol. The van der Waals surface area contributed by atoms with Gasteiger partial charge in [-0.05, 0) is 13.3 Å². The van der Waals surface area contributed by atoms with Crippen molar-refractivity contribution in [2.45, 2.75) is 32.7 Å². The number of nitrogens with one attached hydrogen (secondary N) is 1. The van der Waals surface area contributed by atoms with Crippen molar-refractivity contribution in [1.29, 1.82) is 0 Å². The summed E-state index contributed by atoms with van der Waals surface area (Å²) in [6.07, 6.45) is 0.235. The van der Waals surface area contributed by atoms with Crippen LogP contribution in [0, 0.1) is 0 Å². The Kier molecular flexibility index (Phi) is 6.91. The minimum Gasteiger partial charge on any atom is -0.467 e. The van der Waals surface area contributed by atoms with Crippen molar-refractivity contribution in [1.82, 2.24) is 5.32 Å². The van der Waals surface area contributed by atoms with Crippen LogP contribution in [0.25, 0.3) is 0 Å². The van der Waals surface area contributed by atoms with Gasteiger partial charge in [-0.25, -0.2) is 4.79 Å². The molecular weight excluding hydrogens is 214 g/mol. The highest BCUT2D eigenvalue weighted by atomic mass is 16.5. The quantitative estimate of drug-likeness (QED) is 0.651. The first-order chi connectivity index (χ1) is 7.51. The molecule has 0 unspecified atom stereocenters. The van der Waals surface area contributed by atoms with Gasteiger partial charge in [0.2, 0.25) is 5.91 Å². The van der Waals surface area contributed by atoms with Crippen LogP contribution in [0.4, 0.5) is 0 Å². The molecule has 0 heterocycles. The second kappa shape index (κ2) is 7.67. The smallest absolute Gasteiger partial charge is 0.328 e. The van der Waals surface area contributed by atoms with Gasteiger partial charge in [-0.1, -0.05) is 0 Å². The lowest BCUT2D eigenvalue weighted by molar-refractivity contribution is -0.146. The van der Waals surface area contributed by atoms with Crippen LogP contribution in [-0.2, 0) is 23.9 Å². The lowest BCUT2D eigenvalue weighted by Crippen LogP contribution is -2.40. The Morgan fingerprint density at radius 2 is 1.94 bits per heavy atom. The number of hydrogen-bond acceptors (Lipinski definition) is 5. The van der Waals surface area contributed by atoms with Gasteiger partial charge < -0.3 is 14.8 Å². The Morgan fingerprint density at radius 1 is 1.31 bits per heavy atom. The van der Waals surface area contributed by atoms with Crippen LogP contribution in [-0.4, -0.2) is 37.6 Å². The van der Waals surface area contributed by atoms with E-state index in [2.05, 4.69) is 10.1 Å². The van der Waals surface area contributed by atoms with Crippen molar-refractivity contribution in [3.8, 4) is 0 Å². The van der Waals surface area contributed by atoms with Gasteiger partial charge in [-0.2, -0.15) is 0 Å². The molecule has 16 heavy (non-hydrogen) atoms. The first kappa shape index (κ1) is 14.4. The van der Waals surface area contributed by atoms with Crippen LogP contribution < -0.4 is 5.32 Å². The maximum Gasteiger partial charge on any atom is 0.328 e. The molecule has 1 N–H and O–H groups in total. The zero-order chi connectivity index (χ0) is 12.6. The van der Waals surface area contributed by atoms with Gasteiger partial charge >= 0.3 is 11.9 Å². The van der Waals surface area contributed by atoms with Gasteiger partial charge in [-0.15, -0.1) is 0 Å². The summed E-state index contributed by atoms with van der Waals surface area (Å²) in [7, 11) is 1.22. The SMILES string of the molecule is CCOC(=O)CC[C@H](NC(C)=O)C(=O)OC. The molecule has 0 rings (SSSR count). The lowest BCUT2D eigenvalue weighted by Gasteiger charge is -2.14. The number of esters is 2. The van der Waals surface area contributed by atoms with Crippen LogP contribution in [0.5, 0.6) is 0 Å². The Labute approximate surface area is 94.3 Å². The van der Waals surface area contributed by atoms with E-state index in [9.17, 15) is 14.4 Å². The Balaban J connectivity index is 4.16. The van der Waals surface area contributed by atoms with E-state index in [4.69, 9.17) is 4.74 Å². The number of carbonyl (C=O) groups excluding carboxylic acids is 3. The van der Waals surface area contributed by atoms with E-state index >= 15 is 0 Å². The monoisotopic (exact) mass is 231 g/mol. The topological polar surface area (TPSA) is 81.7 Å². The van der Waals surface area contributed by atoms with E-state index in [1.807, 2.05) is 0 Å². The van der Waals surface area contributed by atoms with Crippen molar-refractivity contribution in [2.75, 3.05) is 13.7 Å². The number of ether oxygens (including phenoxy) is 2. The largest absolute Gasteiger partial charge is 0.467 e. The molecule has 92 valence electrons. The van der Waals surface area contributed by atoms with Crippen molar-refractivity contribution in [2.24, 2.45) is 0 Å². The molecule has 0 bridgehead atoms. The summed E-state index contributed by atoms with van der Waals surface area (Å²) < 4.78 is 9.21. The fourth-order valence-electron chi connectivity index (χ4n) is 1.13. The number of hydrogen-bond donors (Lipinski definition) is 1. The van der Waals surface area contributed by atoms with Crippen molar-refractivity contribution >= 4 is 17.8 Å². The zero-order valence-electron chi connectivity index (χ0n) is 9.74. The fraction of sp³-hybridized carbons (Fsp3) is 0.700. The molecule has 0 saturated heterocycles. The summed E-state index contributed by atoms with van der Waals surface area (Å²) in [6.45, 7) is 3.28. The number of methoxy groups -OCH3 is 1. The van der Waals surface area contributed by atoms with Crippen molar-refractivity contribution in [3.05, 3.63) is 0 Å². The second-order valence-electron chi connectivity index (χ2n) is 3.12. The fourth-order valence-corrected chi connectivity index (χ4v) is 1.13. The van der Waals surface area contributed by atoms with E-state index in [1.54, 1.807) is 6.92 Å². The van der Waals surface area contributed by atoms with Gasteiger partial charge in [0.1, 0.15) is 6.04 Å². The van der Waals surface area contributed by atoms with E-state index in [0.717, 1.165) is 0 Å². The summed E-state index contributed by atoms with van der Waals surface area (Å²) in [5, 5.41) is 2.41. The molecule has 0 aliphatic heterocycles. The van der Waals surface area contributed by atoms with Gasteiger partial charge in [-0.3, -0.25) is 9.59 Å². The Bertz CT molecular complexity index is 264. The third-order valence-corrected chi connectivity index (χ3v) is 1.81. The van der Waals surface area contributed by atoms with Crippen molar-refractivity contribution < 1.29 is 23.9 Å². The number of carbonyl (C=O) groups is 3. The van der Waals surface area contributed by atoms with Gasteiger partial charge in [0.05, 0.1) is 13.7 Å². The van der Waals surface area contributed by atoms with Crippen LogP contribution in [0.15, 0.2) is 0 Å². The summed E-state index contributed by atoms with van der Waals surface area (Å²) in [6, 6.07) is -0.799. The summed E-state index contributed by atoms with van der Waals surface area (Å²) in [5.41, 5.74) is 0. The van der Waals surface area contributed by atoms with E-state index < -0.39 is 18.0 Å². The molecular formula is C10H17NO5. The van der Waals surface area contributed by atoms with Crippen molar-refractivity contribution in [3.63, 3.8) is 0 Å². The first-order valence-corrected chi connectivity index (χ1v) is 5.01. The van der Waals surface area contributed by atoms with Gasteiger partial charge in [0.25, 0.3) is 0 Å². The van der Waals surface area contributed by atoms with Crippen LogP contribution in [0.1, 0.15) is 26.7 Å². The maximum absolute atomic E-state index is 11.2. The van der Waals surface area contributed by atoms with E-state index in [1.165, 1.54) is 14.0 Å². The molecule has 1 amide bonds. The molecule has 0 aromatic carbocycles. The molecule has 0 aromatic rings. The molecule has 0 aromatic heterocycles. The molecule has 6 nitrogen and oxygen atoms in total. The molecule has 1 atom stereocenters. The number of amides is 1. The minimum atomic E-state index is -0.799. The molecule has 0 aliphatic rings. The molecule has 0 spiro atoms. The third-order valence-electron chi connectivity index (χ3n) is 1.81. The normalized spacial score (nSPS) is 11.4. The van der Waals surface area contributed by atoms with Crippen LogP contribution in [0.3, 0.4) is 0 Å². The Hall–Kier alpha value is -1.59. The number of rotatable bonds is 6. The van der Waals surface area contributed by atoms with E-state index in [-0.39, 0.29) is 18.7 Å². The second-order valence-corrected chi connectivity index (χ2v) is 3.12. The molecule has 0 aliphatic carbocycles. The predicted octanol–water partition coefficient (Wildman–Crippen LogP) is 0.00740. The summed E-state index contributed by atoms with van der Waals surface area (Å²) in [4.78, 5) is 33.1. The zero-order valence-corrected chi connectivity index (χ0v) is 9.74. The van der Waals surface area contributed by atoms with Crippen LogP contribution in [0.2, 0.25) is 0 Å². The van der Waals surface area contributed by atoms with Gasteiger partial charge in [0, 0.05) is 13.3 Å². The molecule has 0 fully saturated rings. The Morgan fingerprint density at radius 3 is 2.38 bits per heavy atom.